The first-order valence-electron chi connectivity index (χ1n) is 13.0. The number of amides is 1. The molecule has 1 aromatic carbocycles. The molecule has 37 heavy (non-hydrogen) atoms. The predicted octanol–water partition coefficient (Wildman–Crippen LogP) is 3.64. The molecule has 3 aromatic heterocycles. The molecule has 10 heteroatoms. The SMILES string of the molecule is Cc1c(Nc2nc(N[C@@H]3CCc4ccccc43)c3cc[nH]c3n2)cnn1C(C)C(=O)N1CCN(C)CC1. The van der Waals surface area contributed by atoms with E-state index in [1.165, 1.54) is 11.1 Å². The molecule has 0 saturated carbocycles. The van der Waals surface area contributed by atoms with Crippen LogP contribution in [0.2, 0.25) is 0 Å². The van der Waals surface area contributed by atoms with Gasteiger partial charge in [0, 0.05) is 32.4 Å². The Bertz CT molecular complexity index is 1430. The van der Waals surface area contributed by atoms with Gasteiger partial charge in [-0.2, -0.15) is 15.1 Å². The van der Waals surface area contributed by atoms with Crippen LogP contribution in [0.4, 0.5) is 17.5 Å². The summed E-state index contributed by atoms with van der Waals surface area (Å²) in [6, 6.07) is 10.4. The topological polar surface area (TPSA) is 107 Å². The molecule has 4 aromatic rings. The minimum absolute atomic E-state index is 0.0956. The van der Waals surface area contributed by atoms with E-state index in [0.717, 1.165) is 67.3 Å². The van der Waals surface area contributed by atoms with Crippen molar-refractivity contribution in [3.8, 4) is 0 Å². The fraction of sp³-hybridized carbons (Fsp3) is 0.407. The number of hydrogen-bond donors (Lipinski definition) is 3. The number of carbonyl (C=O) groups is 1. The van der Waals surface area contributed by atoms with Gasteiger partial charge in [-0.05, 0) is 50.9 Å². The highest BCUT2D eigenvalue weighted by Gasteiger charge is 2.27. The molecule has 2 atom stereocenters. The molecule has 1 aliphatic heterocycles. The minimum atomic E-state index is -0.384. The lowest BCUT2D eigenvalue weighted by Gasteiger charge is -2.34. The number of rotatable bonds is 6. The average Bonchev–Trinajstić information content (AvgIpc) is 3.63. The highest BCUT2D eigenvalue weighted by atomic mass is 16.2. The molecular weight excluding hydrogens is 466 g/mol. The van der Waals surface area contributed by atoms with Crippen LogP contribution in [-0.2, 0) is 11.2 Å². The molecule has 1 saturated heterocycles. The third-order valence-corrected chi connectivity index (χ3v) is 7.69. The van der Waals surface area contributed by atoms with Crippen LogP contribution in [0.15, 0.2) is 42.7 Å². The second-order valence-electron chi connectivity index (χ2n) is 10.1. The zero-order valence-electron chi connectivity index (χ0n) is 21.5. The van der Waals surface area contributed by atoms with E-state index in [9.17, 15) is 4.79 Å². The van der Waals surface area contributed by atoms with Crippen molar-refractivity contribution in [1.29, 1.82) is 0 Å². The lowest BCUT2D eigenvalue weighted by Crippen LogP contribution is -2.49. The molecule has 0 bridgehead atoms. The van der Waals surface area contributed by atoms with Crippen molar-refractivity contribution in [3.63, 3.8) is 0 Å². The number of H-pyrrole nitrogens is 1. The van der Waals surface area contributed by atoms with Crippen LogP contribution >= 0.6 is 0 Å². The molecule has 1 amide bonds. The zero-order valence-corrected chi connectivity index (χ0v) is 21.5. The maximum atomic E-state index is 13.1. The summed E-state index contributed by atoms with van der Waals surface area (Å²) in [5, 5.41) is 12.5. The monoisotopic (exact) mass is 499 g/mol. The molecule has 192 valence electrons. The summed E-state index contributed by atoms with van der Waals surface area (Å²) in [4.78, 5) is 30.0. The summed E-state index contributed by atoms with van der Waals surface area (Å²) in [6.45, 7) is 7.15. The Balaban J connectivity index is 1.23. The van der Waals surface area contributed by atoms with Gasteiger partial charge in [-0.1, -0.05) is 24.3 Å². The van der Waals surface area contributed by atoms with E-state index in [1.54, 1.807) is 10.9 Å². The molecule has 0 spiro atoms. The van der Waals surface area contributed by atoms with E-state index in [4.69, 9.17) is 4.98 Å². The summed E-state index contributed by atoms with van der Waals surface area (Å²) in [5.74, 6) is 1.36. The second kappa shape index (κ2) is 9.51. The quantitative estimate of drug-likeness (QED) is 0.372. The van der Waals surface area contributed by atoms with Crippen molar-refractivity contribution < 1.29 is 4.79 Å². The molecule has 10 nitrogen and oxygen atoms in total. The van der Waals surface area contributed by atoms with E-state index in [2.05, 4.69) is 61.9 Å². The normalized spacial score (nSPS) is 18.7. The number of hydrogen-bond acceptors (Lipinski definition) is 7. The molecule has 4 heterocycles. The minimum Gasteiger partial charge on any atom is -0.363 e. The van der Waals surface area contributed by atoms with Gasteiger partial charge >= 0.3 is 0 Å². The molecule has 3 N–H and O–H groups in total. The van der Waals surface area contributed by atoms with Crippen LogP contribution in [0.25, 0.3) is 11.0 Å². The van der Waals surface area contributed by atoms with Gasteiger partial charge in [-0.3, -0.25) is 9.48 Å². The predicted molar refractivity (Wildman–Crippen MR) is 144 cm³/mol. The number of carbonyl (C=O) groups excluding carboxylic acids is 1. The number of aromatic nitrogens is 5. The highest BCUT2D eigenvalue weighted by molar-refractivity contribution is 5.88. The number of piperazine rings is 1. The Morgan fingerprint density at radius 2 is 1.95 bits per heavy atom. The van der Waals surface area contributed by atoms with Gasteiger partial charge in [0.1, 0.15) is 17.5 Å². The van der Waals surface area contributed by atoms with Crippen LogP contribution in [0, 0.1) is 6.92 Å². The molecule has 1 aliphatic carbocycles. The van der Waals surface area contributed by atoms with Crippen LogP contribution in [0.5, 0.6) is 0 Å². The van der Waals surface area contributed by atoms with Gasteiger partial charge < -0.3 is 25.4 Å². The van der Waals surface area contributed by atoms with Gasteiger partial charge in [0.15, 0.2) is 0 Å². The number of fused-ring (bicyclic) bond motifs is 2. The third-order valence-electron chi connectivity index (χ3n) is 7.69. The van der Waals surface area contributed by atoms with Gasteiger partial charge in [-0.25, -0.2) is 0 Å². The number of nitrogens with zero attached hydrogens (tertiary/aromatic N) is 6. The number of aromatic amines is 1. The second-order valence-corrected chi connectivity index (χ2v) is 10.1. The van der Waals surface area contributed by atoms with Gasteiger partial charge in [0.2, 0.25) is 11.9 Å². The Kier molecular flexibility index (Phi) is 6.03. The number of nitrogens with one attached hydrogen (secondary N) is 3. The lowest BCUT2D eigenvalue weighted by molar-refractivity contribution is -0.136. The molecule has 2 aliphatic rings. The summed E-state index contributed by atoms with van der Waals surface area (Å²) >= 11 is 0. The van der Waals surface area contributed by atoms with E-state index in [-0.39, 0.29) is 18.0 Å². The summed E-state index contributed by atoms with van der Waals surface area (Å²) in [7, 11) is 2.08. The maximum Gasteiger partial charge on any atom is 0.247 e. The largest absolute Gasteiger partial charge is 0.363 e. The van der Waals surface area contributed by atoms with E-state index in [1.807, 2.05) is 31.0 Å². The van der Waals surface area contributed by atoms with Crippen molar-refractivity contribution in [1.82, 2.24) is 34.5 Å². The van der Waals surface area contributed by atoms with Crippen molar-refractivity contribution in [2.24, 2.45) is 0 Å². The smallest absolute Gasteiger partial charge is 0.247 e. The van der Waals surface area contributed by atoms with Crippen molar-refractivity contribution in [2.45, 2.75) is 38.8 Å². The first-order valence-corrected chi connectivity index (χ1v) is 13.0. The van der Waals surface area contributed by atoms with E-state index >= 15 is 0 Å². The van der Waals surface area contributed by atoms with Crippen molar-refractivity contribution in [2.75, 3.05) is 43.9 Å². The molecule has 1 fully saturated rings. The third kappa shape index (κ3) is 4.42. The number of benzene rings is 1. The highest BCUT2D eigenvalue weighted by Crippen LogP contribution is 2.35. The Hall–Kier alpha value is -3.92. The summed E-state index contributed by atoms with van der Waals surface area (Å²) in [5.41, 5.74) is 5.12. The lowest BCUT2D eigenvalue weighted by atomic mass is 10.1. The van der Waals surface area contributed by atoms with Crippen molar-refractivity contribution in [3.05, 3.63) is 59.5 Å². The van der Waals surface area contributed by atoms with Gasteiger partial charge in [-0.15, -0.1) is 0 Å². The standard InChI is InChI=1S/C27H33N9O/c1-17-23(16-29-36(17)18(2)26(37)35-14-12-34(3)13-15-35)31-27-32-24-21(10-11-28-24)25(33-27)30-22-9-8-19-6-4-5-7-20(19)22/h4-7,10-11,16,18,22H,8-9,12-15H2,1-3H3,(H3,28,30,31,32,33)/t18?,22-/m1/s1. The van der Waals surface area contributed by atoms with Crippen LogP contribution in [0.1, 0.15) is 42.2 Å². The first kappa shape index (κ1) is 23.5. The zero-order chi connectivity index (χ0) is 25.5. The molecular formula is C27H33N9O. The summed E-state index contributed by atoms with van der Waals surface area (Å²) < 4.78 is 1.78. The first-order chi connectivity index (χ1) is 18.0. The van der Waals surface area contributed by atoms with Crippen LogP contribution < -0.4 is 10.6 Å². The van der Waals surface area contributed by atoms with Crippen LogP contribution in [0.3, 0.4) is 0 Å². The number of anilines is 3. The summed E-state index contributed by atoms with van der Waals surface area (Å²) in [6.07, 6.45) is 5.71. The Labute approximate surface area is 216 Å². The Morgan fingerprint density at radius 1 is 1.14 bits per heavy atom. The Morgan fingerprint density at radius 3 is 2.78 bits per heavy atom. The number of likely N-dealkylation sites (N-methyl/N-ethyl adjacent to an activating group) is 1. The van der Waals surface area contributed by atoms with Crippen molar-refractivity contribution >= 4 is 34.4 Å². The number of aryl methyl sites for hydroxylation is 1. The fourth-order valence-electron chi connectivity index (χ4n) is 5.43. The van der Waals surface area contributed by atoms with E-state index in [0.29, 0.717) is 5.95 Å². The van der Waals surface area contributed by atoms with E-state index < -0.39 is 0 Å². The molecule has 0 radical (unpaired) electrons. The van der Waals surface area contributed by atoms with Gasteiger partial charge in [0.05, 0.1) is 29.0 Å². The maximum absolute atomic E-state index is 13.1. The average molecular weight is 500 g/mol. The van der Waals surface area contributed by atoms with Crippen LogP contribution in [-0.4, -0.2) is 73.7 Å². The fourth-order valence-corrected chi connectivity index (χ4v) is 5.43. The molecule has 6 rings (SSSR count). The molecule has 1 unspecified atom stereocenters. The van der Waals surface area contributed by atoms with Gasteiger partial charge in [0.25, 0.3) is 0 Å².